The van der Waals surface area contributed by atoms with Crippen molar-refractivity contribution < 1.29 is 9.53 Å². The van der Waals surface area contributed by atoms with Gasteiger partial charge in [-0.25, -0.2) is 4.79 Å². The number of carbonyl (C=O) groups is 1. The molecule has 0 unspecified atom stereocenters. The second kappa shape index (κ2) is 8.47. The maximum atomic E-state index is 11.6. The van der Waals surface area contributed by atoms with Gasteiger partial charge in [0.05, 0.1) is 12.7 Å². The van der Waals surface area contributed by atoms with E-state index in [0.29, 0.717) is 17.6 Å². The third-order valence-corrected chi connectivity index (χ3v) is 5.17. The van der Waals surface area contributed by atoms with E-state index in [9.17, 15) is 4.79 Å². The third kappa shape index (κ3) is 4.51. The van der Waals surface area contributed by atoms with Crippen LogP contribution in [-0.4, -0.2) is 48.1 Å². The van der Waals surface area contributed by atoms with E-state index in [0.717, 1.165) is 26.2 Å². The number of nitrogens with zero attached hydrogens (tertiary/aromatic N) is 2. The maximum absolute atomic E-state index is 11.6. The van der Waals surface area contributed by atoms with Crippen LogP contribution in [0.25, 0.3) is 0 Å². The molecule has 1 aliphatic heterocycles. The molecule has 0 aromatic heterocycles. The summed E-state index contributed by atoms with van der Waals surface area (Å²) >= 11 is 0. The SMILES string of the molecule is COC(=O)c1ccc(CN2[C@H](C)CN(Cc3ccccc3)C[C@@H]2C)cc1. The molecule has 4 nitrogen and oxygen atoms in total. The minimum absolute atomic E-state index is 0.284. The molecule has 1 fully saturated rings. The standard InChI is InChI=1S/C22H28N2O2/c1-17-13-23(15-19-7-5-4-6-8-19)14-18(2)24(17)16-20-9-11-21(12-10-20)22(25)26-3/h4-12,17-18H,13-16H2,1-3H3/t17-,18+. The molecule has 2 atom stereocenters. The van der Waals surface area contributed by atoms with E-state index in [2.05, 4.69) is 54.0 Å². The summed E-state index contributed by atoms with van der Waals surface area (Å²) in [7, 11) is 1.41. The normalized spacial score (nSPS) is 21.5. The Kier molecular flexibility index (Phi) is 6.07. The lowest BCUT2D eigenvalue weighted by molar-refractivity contribution is 0.0290. The molecule has 0 N–H and O–H groups in total. The van der Waals surface area contributed by atoms with Gasteiger partial charge in [0.2, 0.25) is 0 Å². The predicted octanol–water partition coefficient (Wildman–Crippen LogP) is 3.57. The first-order chi connectivity index (χ1) is 12.6. The van der Waals surface area contributed by atoms with Crippen molar-refractivity contribution in [2.24, 2.45) is 0 Å². The maximum Gasteiger partial charge on any atom is 0.337 e. The number of methoxy groups -OCH3 is 1. The Bertz CT molecular complexity index is 703. The Balaban J connectivity index is 1.60. The van der Waals surface area contributed by atoms with Crippen molar-refractivity contribution in [3.05, 3.63) is 71.3 Å². The zero-order valence-electron chi connectivity index (χ0n) is 15.9. The minimum Gasteiger partial charge on any atom is -0.465 e. The van der Waals surface area contributed by atoms with Gasteiger partial charge in [-0.1, -0.05) is 42.5 Å². The van der Waals surface area contributed by atoms with Gasteiger partial charge in [-0.05, 0) is 37.1 Å². The Labute approximate surface area is 156 Å². The zero-order valence-corrected chi connectivity index (χ0v) is 15.9. The molecule has 0 aliphatic carbocycles. The summed E-state index contributed by atoms with van der Waals surface area (Å²) in [6.07, 6.45) is 0. The fraction of sp³-hybridized carbons (Fsp3) is 0.409. The molecule has 0 spiro atoms. The molecule has 1 heterocycles. The van der Waals surface area contributed by atoms with Crippen LogP contribution in [0, 0.1) is 0 Å². The van der Waals surface area contributed by atoms with E-state index in [1.807, 2.05) is 24.3 Å². The number of ether oxygens (including phenoxy) is 1. The van der Waals surface area contributed by atoms with E-state index >= 15 is 0 Å². The molecule has 2 aromatic carbocycles. The number of hydrogen-bond donors (Lipinski definition) is 0. The van der Waals surface area contributed by atoms with Gasteiger partial charge >= 0.3 is 5.97 Å². The predicted molar refractivity (Wildman–Crippen MR) is 104 cm³/mol. The topological polar surface area (TPSA) is 32.8 Å². The molecule has 0 bridgehead atoms. The van der Waals surface area contributed by atoms with Gasteiger partial charge in [0.1, 0.15) is 0 Å². The van der Waals surface area contributed by atoms with Crippen LogP contribution in [0.3, 0.4) is 0 Å². The number of benzene rings is 2. The Morgan fingerprint density at radius 2 is 1.50 bits per heavy atom. The van der Waals surface area contributed by atoms with Crippen molar-refractivity contribution >= 4 is 5.97 Å². The number of piperazine rings is 1. The summed E-state index contributed by atoms with van der Waals surface area (Å²) in [5.74, 6) is -0.284. The van der Waals surface area contributed by atoms with E-state index in [-0.39, 0.29) is 5.97 Å². The van der Waals surface area contributed by atoms with E-state index in [1.54, 1.807) is 0 Å². The monoisotopic (exact) mass is 352 g/mol. The molecule has 2 aromatic rings. The van der Waals surface area contributed by atoms with Crippen molar-refractivity contribution in [3.8, 4) is 0 Å². The van der Waals surface area contributed by atoms with Gasteiger partial charge in [0.15, 0.2) is 0 Å². The van der Waals surface area contributed by atoms with Crippen molar-refractivity contribution in [3.63, 3.8) is 0 Å². The molecule has 0 radical (unpaired) electrons. The van der Waals surface area contributed by atoms with E-state index in [1.165, 1.54) is 18.2 Å². The first kappa shape index (κ1) is 18.6. The fourth-order valence-corrected chi connectivity index (χ4v) is 3.82. The van der Waals surface area contributed by atoms with Crippen molar-refractivity contribution in [2.45, 2.75) is 39.0 Å². The average Bonchev–Trinajstić information content (AvgIpc) is 2.65. The van der Waals surface area contributed by atoms with Gasteiger partial charge in [-0.3, -0.25) is 9.80 Å². The Morgan fingerprint density at radius 1 is 0.923 bits per heavy atom. The third-order valence-electron chi connectivity index (χ3n) is 5.17. The first-order valence-corrected chi connectivity index (χ1v) is 9.26. The molecule has 0 amide bonds. The highest BCUT2D eigenvalue weighted by Crippen LogP contribution is 2.21. The van der Waals surface area contributed by atoms with Crippen LogP contribution >= 0.6 is 0 Å². The van der Waals surface area contributed by atoms with Gasteiger partial charge in [-0.15, -0.1) is 0 Å². The summed E-state index contributed by atoms with van der Waals surface area (Å²) in [4.78, 5) is 16.7. The zero-order chi connectivity index (χ0) is 18.5. The molecule has 0 saturated carbocycles. The minimum atomic E-state index is -0.284. The first-order valence-electron chi connectivity index (χ1n) is 9.26. The highest BCUT2D eigenvalue weighted by molar-refractivity contribution is 5.89. The molecular formula is C22H28N2O2. The van der Waals surface area contributed by atoms with Crippen molar-refractivity contribution in [1.82, 2.24) is 9.80 Å². The molecule has 3 rings (SSSR count). The lowest BCUT2D eigenvalue weighted by Gasteiger charge is -2.44. The van der Waals surface area contributed by atoms with Gasteiger partial charge in [0.25, 0.3) is 0 Å². The lowest BCUT2D eigenvalue weighted by atomic mass is 10.0. The molecule has 4 heteroatoms. The second-order valence-electron chi connectivity index (χ2n) is 7.24. The number of carbonyl (C=O) groups excluding carboxylic acids is 1. The van der Waals surface area contributed by atoms with Crippen molar-refractivity contribution in [2.75, 3.05) is 20.2 Å². The fourth-order valence-electron chi connectivity index (χ4n) is 3.82. The number of rotatable bonds is 5. The average molecular weight is 352 g/mol. The summed E-state index contributed by atoms with van der Waals surface area (Å²) in [6, 6.07) is 19.4. The van der Waals surface area contributed by atoms with Crippen molar-refractivity contribution in [1.29, 1.82) is 0 Å². The summed E-state index contributed by atoms with van der Waals surface area (Å²) < 4.78 is 4.77. The summed E-state index contributed by atoms with van der Waals surface area (Å²) in [6.45, 7) is 8.66. The van der Waals surface area contributed by atoms with E-state index < -0.39 is 0 Å². The molecule has 1 aliphatic rings. The summed E-state index contributed by atoms with van der Waals surface area (Å²) in [5, 5.41) is 0. The highest BCUT2D eigenvalue weighted by atomic mass is 16.5. The quantitative estimate of drug-likeness (QED) is 0.770. The largest absolute Gasteiger partial charge is 0.465 e. The van der Waals surface area contributed by atoms with E-state index in [4.69, 9.17) is 4.74 Å². The highest BCUT2D eigenvalue weighted by Gasteiger charge is 2.29. The van der Waals surface area contributed by atoms with Crippen LogP contribution in [0.5, 0.6) is 0 Å². The van der Waals surface area contributed by atoms with Gasteiger partial charge in [-0.2, -0.15) is 0 Å². The second-order valence-corrected chi connectivity index (χ2v) is 7.24. The molecular weight excluding hydrogens is 324 g/mol. The van der Waals surface area contributed by atoms with Crippen LogP contribution in [-0.2, 0) is 17.8 Å². The number of hydrogen-bond acceptors (Lipinski definition) is 4. The molecule has 138 valence electrons. The van der Waals surface area contributed by atoms with Crippen LogP contribution in [0.4, 0.5) is 0 Å². The van der Waals surface area contributed by atoms with Crippen LogP contribution in [0.2, 0.25) is 0 Å². The molecule has 26 heavy (non-hydrogen) atoms. The smallest absolute Gasteiger partial charge is 0.337 e. The van der Waals surface area contributed by atoms with Gasteiger partial charge < -0.3 is 4.74 Å². The van der Waals surface area contributed by atoms with Gasteiger partial charge in [0, 0.05) is 38.3 Å². The van der Waals surface area contributed by atoms with Crippen LogP contribution < -0.4 is 0 Å². The van der Waals surface area contributed by atoms with Crippen LogP contribution in [0.1, 0.15) is 35.3 Å². The Morgan fingerprint density at radius 3 is 2.08 bits per heavy atom. The summed E-state index contributed by atoms with van der Waals surface area (Å²) in [5.41, 5.74) is 3.21. The van der Waals surface area contributed by atoms with Crippen LogP contribution in [0.15, 0.2) is 54.6 Å². The lowest BCUT2D eigenvalue weighted by Crippen LogP contribution is -2.55. The number of esters is 1. The molecule has 1 saturated heterocycles. The Hall–Kier alpha value is -2.17.